The van der Waals surface area contributed by atoms with Gasteiger partial charge in [-0.15, -0.1) is 21.5 Å². The van der Waals surface area contributed by atoms with Gasteiger partial charge < -0.3 is 14.6 Å². The molecule has 0 radical (unpaired) electrons. The standard InChI is InChI=1S/C27H30N6O2S/c1-32(2)15-16-33(3)14-8-7-13-28-24(34)18-25-30-31-26(35-25)19-27-29-22-12-11-21(17-23(22)36-27)20-9-5-4-6-10-20/h4-6,9-12,17H,13-16,18-19H2,1-3H3,(H,28,34). The first kappa shape index (κ1) is 25.5. The van der Waals surface area contributed by atoms with Crippen molar-refractivity contribution < 1.29 is 9.21 Å². The zero-order chi connectivity index (χ0) is 25.3. The summed E-state index contributed by atoms with van der Waals surface area (Å²) >= 11 is 1.61. The fourth-order valence-corrected chi connectivity index (χ4v) is 4.46. The van der Waals surface area contributed by atoms with Crippen LogP contribution < -0.4 is 5.32 Å². The van der Waals surface area contributed by atoms with Gasteiger partial charge in [-0.05, 0) is 44.4 Å². The molecule has 8 nitrogen and oxygen atoms in total. The van der Waals surface area contributed by atoms with Gasteiger partial charge in [0.15, 0.2) is 0 Å². The number of fused-ring (bicyclic) bond motifs is 1. The van der Waals surface area contributed by atoms with Gasteiger partial charge >= 0.3 is 0 Å². The molecule has 0 atom stereocenters. The minimum Gasteiger partial charge on any atom is -0.424 e. The summed E-state index contributed by atoms with van der Waals surface area (Å²) in [6.45, 7) is 2.88. The van der Waals surface area contributed by atoms with E-state index in [9.17, 15) is 4.79 Å². The van der Waals surface area contributed by atoms with Crippen LogP contribution in [0.15, 0.2) is 52.9 Å². The Bertz CT molecular complexity index is 1350. The number of benzene rings is 2. The number of carbonyl (C=O) groups excluding carboxylic acids is 1. The van der Waals surface area contributed by atoms with Crippen LogP contribution in [0.2, 0.25) is 0 Å². The van der Waals surface area contributed by atoms with E-state index >= 15 is 0 Å². The highest BCUT2D eigenvalue weighted by molar-refractivity contribution is 7.18. The van der Waals surface area contributed by atoms with Gasteiger partial charge in [-0.1, -0.05) is 48.2 Å². The van der Waals surface area contributed by atoms with E-state index in [0.717, 1.165) is 33.9 Å². The maximum Gasteiger partial charge on any atom is 0.230 e. The van der Waals surface area contributed by atoms with E-state index in [1.807, 2.05) is 45.4 Å². The summed E-state index contributed by atoms with van der Waals surface area (Å²) in [5.74, 6) is 6.57. The number of aromatic nitrogens is 3. The van der Waals surface area contributed by atoms with Crippen LogP contribution in [0.4, 0.5) is 0 Å². The minimum atomic E-state index is -0.200. The normalized spacial score (nSPS) is 11.1. The molecule has 1 N–H and O–H groups in total. The number of hydrogen-bond donors (Lipinski definition) is 1. The molecule has 2 heterocycles. The molecular weight excluding hydrogens is 472 g/mol. The molecule has 0 aliphatic heterocycles. The first-order chi connectivity index (χ1) is 17.5. The number of thiazole rings is 1. The van der Waals surface area contributed by atoms with E-state index < -0.39 is 0 Å². The van der Waals surface area contributed by atoms with Crippen LogP contribution >= 0.6 is 11.3 Å². The van der Waals surface area contributed by atoms with E-state index in [1.165, 1.54) is 5.56 Å². The fourth-order valence-electron chi connectivity index (χ4n) is 3.46. The van der Waals surface area contributed by atoms with Crippen LogP contribution in [-0.2, 0) is 17.6 Å². The SMILES string of the molecule is CN(C)CCN(C)CC#CCNC(=O)Cc1nnc(Cc2nc3ccc(-c4ccccc4)cc3s2)o1. The minimum absolute atomic E-state index is 0.0255. The molecule has 0 saturated heterocycles. The number of amides is 1. The lowest BCUT2D eigenvalue weighted by molar-refractivity contribution is -0.120. The Balaban J connectivity index is 1.26. The number of likely N-dealkylation sites (N-methyl/N-ethyl adjacent to an activating group) is 2. The third-order valence-corrected chi connectivity index (χ3v) is 6.46. The van der Waals surface area contributed by atoms with Gasteiger partial charge in [0, 0.05) is 13.1 Å². The Morgan fingerprint density at radius 2 is 1.81 bits per heavy atom. The second-order valence-electron chi connectivity index (χ2n) is 8.77. The Kier molecular flexibility index (Phi) is 8.79. The Morgan fingerprint density at radius 3 is 2.61 bits per heavy atom. The lowest BCUT2D eigenvalue weighted by Gasteiger charge is -2.16. The number of carbonyl (C=O) groups is 1. The van der Waals surface area contributed by atoms with Gasteiger partial charge in [0.2, 0.25) is 17.7 Å². The molecule has 0 fully saturated rings. The second kappa shape index (κ2) is 12.4. The van der Waals surface area contributed by atoms with E-state index in [2.05, 4.69) is 61.4 Å². The molecule has 4 aromatic rings. The molecule has 0 bridgehead atoms. The Hall–Kier alpha value is -3.58. The van der Waals surface area contributed by atoms with Gasteiger partial charge in [0.25, 0.3) is 0 Å². The molecule has 0 aliphatic rings. The van der Waals surface area contributed by atoms with E-state index in [1.54, 1.807) is 11.3 Å². The molecular formula is C27H30N6O2S. The van der Waals surface area contributed by atoms with Crippen molar-refractivity contribution in [2.24, 2.45) is 0 Å². The van der Waals surface area contributed by atoms with Gasteiger partial charge in [0.1, 0.15) is 11.4 Å². The molecule has 36 heavy (non-hydrogen) atoms. The zero-order valence-corrected chi connectivity index (χ0v) is 21.6. The largest absolute Gasteiger partial charge is 0.424 e. The zero-order valence-electron chi connectivity index (χ0n) is 20.8. The summed E-state index contributed by atoms with van der Waals surface area (Å²) in [5.41, 5.74) is 3.27. The van der Waals surface area contributed by atoms with Crippen molar-refractivity contribution in [3.05, 3.63) is 65.3 Å². The smallest absolute Gasteiger partial charge is 0.230 e. The summed E-state index contributed by atoms with van der Waals surface area (Å²) in [6, 6.07) is 16.5. The van der Waals surface area contributed by atoms with Crippen LogP contribution in [0.25, 0.3) is 21.3 Å². The Morgan fingerprint density at radius 1 is 1.00 bits per heavy atom. The van der Waals surface area contributed by atoms with Crippen LogP contribution in [0.1, 0.15) is 16.8 Å². The summed E-state index contributed by atoms with van der Waals surface area (Å²) in [5, 5.41) is 11.8. The van der Waals surface area contributed by atoms with Crippen LogP contribution in [0.5, 0.6) is 0 Å². The first-order valence-corrected chi connectivity index (χ1v) is 12.6. The van der Waals surface area contributed by atoms with Gasteiger partial charge in [0.05, 0.1) is 29.7 Å². The number of rotatable bonds is 10. The summed E-state index contributed by atoms with van der Waals surface area (Å²) in [7, 11) is 6.12. The highest BCUT2D eigenvalue weighted by Gasteiger charge is 2.13. The molecule has 0 aliphatic carbocycles. The monoisotopic (exact) mass is 502 g/mol. The second-order valence-corrected chi connectivity index (χ2v) is 9.89. The number of nitrogens with one attached hydrogen (secondary N) is 1. The molecule has 0 saturated carbocycles. The summed E-state index contributed by atoms with van der Waals surface area (Å²) in [4.78, 5) is 21.2. The van der Waals surface area contributed by atoms with Crippen LogP contribution in [-0.4, -0.2) is 78.2 Å². The van der Waals surface area contributed by atoms with Crippen molar-refractivity contribution in [2.45, 2.75) is 12.8 Å². The first-order valence-electron chi connectivity index (χ1n) is 11.8. The van der Waals surface area contributed by atoms with Crippen molar-refractivity contribution in [3.8, 4) is 23.0 Å². The predicted octanol–water partition coefficient (Wildman–Crippen LogP) is 3.09. The number of hydrogen-bond acceptors (Lipinski definition) is 8. The topological polar surface area (TPSA) is 87.4 Å². The van der Waals surface area contributed by atoms with Crippen molar-refractivity contribution in [3.63, 3.8) is 0 Å². The van der Waals surface area contributed by atoms with Gasteiger partial charge in [-0.25, -0.2) is 4.98 Å². The van der Waals surface area contributed by atoms with Gasteiger partial charge in [-0.3, -0.25) is 9.69 Å². The van der Waals surface area contributed by atoms with Crippen molar-refractivity contribution >= 4 is 27.5 Å². The lowest BCUT2D eigenvalue weighted by atomic mass is 10.1. The third kappa shape index (κ3) is 7.46. The maximum absolute atomic E-state index is 12.2. The average Bonchev–Trinajstić information content (AvgIpc) is 3.48. The molecule has 0 spiro atoms. The quantitative estimate of drug-likeness (QED) is 0.334. The molecule has 2 aromatic heterocycles. The molecule has 9 heteroatoms. The van der Waals surface area contributed by atoms with Crippen molar-refractivity contribution in [1.82, 2.24) is 30.3 Å². The third-order valence-electron chi connectivity index (χ3n) is 5.44. The molecule has 186 valence electrons. The summed E-state index contributed by atoms with van der Waals surface area (Å²) in [6.07, 6.45) is 0.457. The molecule has 2 aromatic carbocycles. The molecule has 1 amide bonds. The van der Waals surface area contributed by atoms with Crippen LogP contribution in [0, 0.1) is 11.8 Å². The van der Waals surface area contributed by atoms with Gasteiger partial charge in [-0.2, -0.15) is 0 Å². The average molecular weight is 503 g/mol. The van der Waals surface area contributed by atoms with E-state index in [4.69, 9.17) is 9.40 Å². The van der Waals surface area contributed by atoms with Crippen LogP contribution in [0.3, 0.4) is 0 Å². The lowest BCUT2D eigenvalue weighted by Crippen LogP contribution is -2.29. The van der Waals surface area contributed by atoms with E-state index in [0.29, 0.717) is 18.9 Å². The molecule has 4 rings (SSSR count). The highest BCUT2D eigenvalue weighted by Crippen LogP contribution is 2.29. The van der Waals surface area contributed by atoms with Crippen molar-refractivity contribution in [1.29, 1.82) is 0 Å². The predicted molar refractivity (Wildman–Crippen MR) is 143 cm³/mol. The Labute approximate surface area is 215 Å². The fraction of sp³-hybridized carbons (Fsp3) is 0.333. The van der Waals surface area contributed by atoms with Crippen molar-refractivity contribution in [2.75, 3.05) is 47.3 Å². The maximum atomic E-state index is 12.2. The number of nitrogens with zero attached hydrogens (tertiary/aromatic N) is 5. The highest BCUT2D eigenvalue weighted by atomic mass is 32.1. The molecule has 0 unspecified atom stereocenters. The summed E-state index contributed by atoms with van der Waals surface area (Å²) < 4.78 is 6.80. The van der Waals surface area contributed by atoms with E-state index in [-0.39, 0.29) is 24.8 Å².